The van der Waals surface area contributed by atoms with Gasteiger partial charge in [-0.1, -0.05) is 11.6 Å². The van der Waals surface area contributed by atoms with Crippen LogP contribution in [0.4, 0.5) is 0 Å². The molecule has 0 unspecified atom stereocenters. The topological polar surface area (TPSA) is 20.9 Å². The molecule has 0 aliphatic carbocycles. The van der Waals surface area contributed by atoms with Crippen LogP contribution >= 0.6 is 28.6 Å². The number of ketones is 1. The van der Waals surface area contributed by atoms with Gasteiger partial charge in [0.05, 0.1) is 0 Å². The van der Waals surface area contributed by atoms with E-state index in [-0.39, 0.29) is 22.8 Å². The van der Waals surface area contributed by atoms with Crippen molar-refractivity contribution in [2.75, 3.05) is 0 Å². The zero-order valence-electron chi connectivity index (χ0n) is 9.97. The number of rotatable bonds is 3. The zero-order valence-corrected chi connectivity index (χ0v) is 12.4. The maximum absolute atomic E-state index is 12.0. The fourth-order valence-electron chi connectivity index (χ4n) is 1.64. The lowest BCUT2D eigenvalue weighted by atomic mass is 10.1. The minimum Gasteiger partial charge on any atom is -0.287 e. The second-order valence-electron chi connectivity index (χ2n) is 3.98. The van der Waals surface area contributed by atoms with E-state index in [9.17, 15) is 4.79 Å². The van der Waals surface area contributed by atoms with Crippen molar-refractivity contribution in [1.82, 2.24) is 0 Å². The summed E-state index contributed by atoms with van der Waals surface area (Å²) in [4.78, 5) is 12.0. The van der Waals surface area contributed by atoms with Crippen molar-refractivity contribution in [3.63, 3.8) is 0 Å². The molecule has 0 aliphatic heterocycles. The van der Waals surface area contributed by atoms with Crippen molar-refractivity contribution in [2.45, 2.75) is 13.5 Å². The third-order valence-electron chi connectivity index (χ3n) is 2.50. The highest BCUT2D eigenvalue weighted by Gasteiger charge is 2.11. The minimum atomic E-state index is 0. The molecule has 0 aliphatic rings. The number of carbonyl (C=O) groups excluding carboxylic acids is 1. The van der Waals surface area contributed by atoms with Crippen LogP contribution in [0.25, 0.3) is 0 Å². The van der Waals surface area contributed by atoms with E-state index >= 15 is 0 Å². The van der Waals surface area contributed by atoms with Gasteiger partial charge in [0.15, 0.2) is 12.4 Å². The molecule has 0 amide bonds. The van der Waals surface area contributed by atoms with Crippen molar-refractivity contribution in [3.8, 4) is 0 Å². The molecule has 0 saturated heterocycles. The minimum absolute atomic E-state index is 0. The summed E-state index contributed by atoms with van der Waals surface area (Å²) >= 11 is 5.78. The van der Waals surface area contributed by atoms with Gasteiger partial charge in [-0.05, 0) is 37.3 Å². The fraction of sp³-hybridized carbons (Fsp3) is 0.143. The molecule has 1 aromatic carbocycles. The SMILES string of the molecule is Br.Cc1ccc[n+](CC(=O)c2ccc(Cl)cc2)c1. The summed E-state index contributed by atoms with van der Waals surface area (Å²) in [7, 11) is 0. The second kappa shape index (κ2) is 6.66. The van der Waals surface area contributed by atoms with Gasteiger partial charge in [-0.2, -0.15) is 4.57 Å². The third-order valence-corrected chi connectivity index (χ3v) is 2.75. The van der Waals surface area contributed by atoms with Crippen molar-refractivity contribution < 1.29 is 9.36 Å². The van der Waals surface area contributed by atoms with E-state index in [4.69, 9.17) is 11.6 Å². The summed E-state index contributed by atoms with van der Waals surface area (Å²) in [6, 6.07) is 10.9. The lowest BCUT2D eigenvalue weighted by molar-refractivity contribution is -0.683. The standard InChI is InChI=1S/C14H13ClNO.BrH/c1-11-3-2-8-16(9-11)10-14(17)12-4-6-13(15)7-5-12;/h2-9H,10H2,1H3;1H/q+1;. The maximum Gasteiger partial charge on any atom is 0.227 e. The Morgan fingerprint density at radius 3 is 2.50 bits per heavy atom. The van der Waals surface area contributed by atoms with Gasteiger partial charge in [-0.3, -0.25) is 4.79 Å². The Labute approximate surface area is 122 Å². The number of halogens is 2. The van der Waals surface area contributed by atoms with Gasteiger partial charge in [0, 0.05) is 22.2 Å². The third kappa shape index (κ3) is 3.93. The van der Waals surface area contributed by atoms with E-state index in [2.05, 4.69) is 0 Å². The largest absolute Gasteiger partial charge is 0.287 e. The molecule has 2 nitrogen and oxygen atoms in total. The maximum atomic E-state index is 12.0. The number of benzene rings is 1. The highest BCUT2D eigenvalue weighted by molar-refractivity contribution is 8.93. The Balaban J connectivity index is 0.00000162. The number of aromatic nitrogens is 1. The summed E-state index contributed by atoms with van der Waals surface area (Å²) in [5, 5.41) is 0.643. The van der Waals surface area contributed by atoms with Crippen LogP contribution in [0, 0.1) is 6.92 Å². The van der Waals surface area contributed by atoms with Gasteiger partial charge < -0.3 is 0 Å². The van der Waals surface area contributed by atoms with Crippen LogP contribution < -0.4 is 4.57 Å². The predicted octanol–water partition coefficient (Wildman–Crippen LogP) is 3.40. The first-order chi connectivity index (χ1) is 8.15. The van der Waals surface area contributed by atoms with Crippen LogP contribution in [0.2, 0.25) is 5.02 Å². The van der Waals surface area contributed by atoms with Crippen LogP contribution in [0.1, 0.15) is 15.9 Å². The van der Waals surface area contributed by atoms with Gasteiger partial charge in [0.1, 0.15) is 0 Å². The number of aryl methyl sites for hydroxylation is 1. The molecule has 18 heavy (non-hydrogen) atoms. The van der Waals surface area contributed by atoms with Gasteiger partial charge >= 0.3 is 0 Å². The van der Waals surface area contributed by atoms with E-state index in [1.54, 1.807) is 24.3 Å². The number of hydrogen-bond acceptors (Lipinski definition) is 1. The Kier molecular flexibility index (Phi) is 5.51. The van der Waals surface area contributed by atoms with Crippen molar-refractivity contribution >= 4 is 34.4 Å². The van der Waals surface area contributed by atoms with Crippen molar-refractivity contribution in [3.05, 3.63) is 64.9 Å². The van der Waals surface area contributed by atoms with E-state index in [0.717, 1.165) is 5.56 Å². The van der Waals surface area contributed by atoms with Gasteiger partial charge in [-0.25, -0.2) is 0 Å². The van der Waals surface area contributed by atoms with Crippen molar-refractivity contribution in [2.24, 2.45) is 0 Å². The number of nitrogens with zero attached hydrogens (tertiary/aromatic N) is 1. The number of pyridine rings is 1. The molecule has 0 fully saturated rings. The zero-order chi connectivity index (χ0) is 12.3. The second-order valence-corrected chi connectivity index (χ2v) is 4.42. The molecule has 0 spiro atoms. The Morgan fingerprint density at radius 1 is 1.22 bits per heavy atom. The highest BCUT2D eigenvalue weighted by Crippen LogP contribution is 2.09. The Hall–Kier alpha value is -1.19. The molecule has 0 bridgehead atoms. The van der Waals surface area contributed by atoms with E-state index in [1.165, 1.54) is 0 Å². The van der Waals surface area contributed by atoms with Crippen LogP contribution in [0.15, 0.2) is 48.8 Å². The smallest absolute Gasteiger partial charge is 0.227 e. The quantitative estimate of drug-likeness (QED) is 0.625. The van der Waals surface area contributed by atoms with Gasteiger partial charge in [-0.15, -0.1) is 17.0 Å². The molecule has 2 rings (SSSR count). The molecule has 0 N–H and O–H groups in total. The van der Waals surface area contributed by atoms with E-state index in [1.807, 2.05) is 36.0 Å². The summed E-state index contributed by atoms with van der Waals surface area (Å²) in [6.07, 6.45) is 3.84. The lowest BCUT2D eigenvalue weighted by Gasteiger charge is -1.99. The molecule has 2 aromatic rings. The van der Waals surface area contributed by atoms with Crippen LogP contribution in [0.3, 0.4) is 0 Å². The number of hydrogen-bond donors (Lipinski definition) is 0. The first-order valence-corrected chi connectivity index (χ1v) is 5.77. The Bertz CT molecular complexity index is 540. The molecule has 0 atom stereocenters. The summed E-state index contributed by atoms with van der Waals surface area (Å²) in [5.74, 6) is 0.0808. The molecule has 1 heterocycles. The van der Waals surface area contributed by atoms with Gasteiger partial charge in [0.2, 0.25) is 12.3 Å². The van der Waals surface area contributed by atoms with Crippen LogP contribution in [-0.4, -0.2) is 5.78 Å². The highest BCUT2D eigenvalue weighted by atomic mass is 79.9. The summed E-state index contributed by atoms with van der Waals surface area (Å²) < 4.78 is 1.88. The molecular weight excluding hydrogens is 314 g/mol. The molecular formula is C14H14BrClNO+. The Morgan fingerprint density at radius 2 is 1.89 bits per heavy atom. The summed E-state index contributed by atoms with van der Waals surface area (Å²) in [6.45, 7) is 2.35. The normalized spacial score (nSPS) is 9.67. The molecule has 4 heteroatoms. The average Bonchev–Trinajstić information content (AvgIpc) is 2.29. The van der Waals surface area contributed by atoms with Gasteiger partial charge in [0.25, 0.3) is 0 Å². The van der Waals surface area contributed by atoms with E-state index in [0.29, 0.717) is 17.1 Å². The molecule has 0 saturated carbocycles. The van der Waals surface area contributed by atoms with Crippen molar-refractivity contribution in [1.29, 1.82) is 0 Å². The fourth-order valence-corrected chi connectivity index (χ4v) is 1.77. The average molecular weight is 328 g/mol. The number of carbonyl (C=O) groups is 1. The molecule has 94 valence electrons. The lowest BCUT2D eigenvalue weighted by Crippen LogP contribution is -2.37. The molecule has 0 radical (unpaired) electrons. The number of Topliss-reactive ketones (excluding diaryl/α,β-unsaturated/α-hetero) is 1. The predicted molar refractivity (Wildman–Crippen MR) is 77.5 cm³/mol. The monoisotopic (exact) mass is 326 g/mol. The first-order valence-electron chi connectivity index (χ1n) is 5.39. The van der Waals surface area contributed by atoms with Crippen LogP contribution in [-0.2, 0) is 6.54 Å². The summed E-state index contributed by atoms with van der Waals surface area (Å²) in [5.41, 5.74) is 1.82. The van der Waals surface area contributed by atoms with E-state index < -0.39 is 0 Å². The first kappa shape index (κ1) is 14.9. The van der Waals surface area contributed by atoms with Crippen LogP contribution in [0.5, 0.6) is 0 Å². The molecule has 1 aromatic heterocycles.